The van der Waals surface area contributed by atoms with Gasteiger partial charge in [-0.05, 0) is 36.4 Å². The molecule has 0 amide bonds. The van der Waals surface area contributed by atoms with Crippen molar-refractivity contribution in [3.8, 4) is 6.07 Å². The van der Waals surface area contributed by atoms with Gasteiger partial charge in [0.1, 0.15) is 11.6 Å². The third kappa shape index (κ3) is 2.93. The van der Waals surface area contributed by atoms with Gasteiger partial charge in [0.15, 0.2) is 5.60 Å². The maximum Gasteiger partial charge on any atom is 0.266 e. The molecule has 6 heteroatoms. The molecule has 0 saturated heterocycles. The Labute approximate surface area is 138 Å². The molecular formula is C18H14N4O2. The smallest absolute Gasteiger partial charge is 0.266 e. The quantitative estimate of drug-likeness (QED) is 0.759. The Hall–Kier alpha value is -3.30. The second-order valence-corrected chi connectivity index (χ2v) is 5.31. The summed E-state index contributed by atoms with van der Waals surface area (Å²) in [5, 5.41) is 20.2. The molecule has 2 N–H and O–H groups in total. The van der Waals surface area contributed by atoms with Crippen LogP contribution in [-0.4, -0.2) is 20.1 Å². The standard InChI is InChI=1S/C18H14N4O2/c19-12-13-7-8-14(22-17(13)23)11-18(24,15-5-1-3-9-20-15)16-6-2-4-10-21-16/h1-10,24H,11H2,(H,22,23). The van der Waals surface area contributed by atoms with Crippen LogP contribution in [0.15, 0.2) is 65.7 Å². The normalized spacial score (nSPS) is 11.0. The zero-order chi connectivity index (χ0) is 17.0. The average molecular weight is 318 g/mol. The molecule has 6 nitrogen and oxygen atoms in total. The summed E-state index contributed by atoms with van der Waals surface area (Å²) in [5.74, 6) is 0. The van der Waals surface area contributed by atoms with Crippen LogP contribution < -0.4 is 5.56 Å². The first kappa shape index (κ1) is 15.6. The average Bonchev–Trinajstić information content (AvgIpc) is 2.63. The first-order valence-electron chi connectivity index (χ1n) is 7.31. The predicted molar refractivity (Wildman–Crippen MR) is 87.0 cm³/mol. The molecule has 0 saturated carbocycles. The molecule has 118 valence electrons. The van der Waals surface area contributed by atoms with Crippen molar-refractivity contribution in [1.82, 2.24) is 15.0 Å². The highest BCUT2D eigenvalue weighted by Crippen LogP contribution is 2.29. The molecule has 3 rings (SSSR count). The topological polar surface area (TPSA) is 103 Å². The Morgan fingerprint density at radius 3 is 2.12 bits per heavy atom. The van der Waals surface area contributed by atoms with E-state index in [4.69, 9.17) is 5.26 Å². The third-order valence-corrected chi connectivity index (χ3v) is 3.71. The Kier molecular flexibility index (Phi) is 4.18. The van der Waals surface area contributed by atoms with Crippen molar-refractivity contribution >= 4 is 0 Å². The molecule has 0 radical (unpaired) electrons. The summed E-state index contributed by atoms with van der Waals surface area (Å²) in [7, 11) is 0. The van der Waals surface area contributed by atoms with E-state index in [9.17, 15) is 9.90 Å². The Morgan fingerprint density at radius 1 is 1.04 bits per heavy atom. The van der Waals surface area contributed by atoms with Crippen molar-refractivity contribution in [1.29, 1.82) is 5.26 Å². The number of H-pyrrole nitrogens is 1. The molecular weight excluding hydrogens is 304 g/mol. The summed E-state index contributed by atoms with van der Waals surface area (Å²) in [6.45, 7) is 0. The molecule has 24 heavy (non-hydrogen) atoms. The van der Waals surface area contributed by atoms with Gasteiger partial charge in [0, 0.05) is 24.5 Å². The molecule has 0 aliphatic carbocycles. The lowest BCUT2D eigenvalue weighted by Crippen LogP contribution is -2.33. The Bertz CT molecular complexity index is 891. The molecule has 0 fully saturated rings. The fraction of sp³-hybridized carbons (Fsp3) is 0.111. The zero-order valence-corrected chi connectivity index (χ0v) is 12.7. The summed E-state index contributed by atoms with van der Waals surface area (Å²) in [6, 6.07) is 15.3. The lowest BCUT2D eigenvalue weighted by Gasteiger charge is -2.27. The highest BCUT2D eigenvalue weighted by molar-refractivity contribution is 5.32. The minimum Gasteiger partial charge on any atom is -0.377 e. The van der Waals surface area contributed by atoms with E-state index in [-0.39, 0.29) is 12.0 Å². The predicted octanol–water partition coefficient (Wildman–Crippen LogP) is 1.52. The fourth-order valence-electron chi connectivity index (χ4n) is 2.51. The van der Waals surface area contributed by atoms with Crippen LogP contribution in [0.5, 0.6) is 0 Å². The molecule has 0 atom stereocenters. The van der Waals surface area contributed by atoms with Crippen LogP contribution in [0.3, 0.4) is 0 Å². The fourth-order valence-corrected chi connectivity index (χ4v) is 2.51. The lowest BCUT2D eigenvalue weighted by molar-refractivity contribution is 0.0707. The van der Waals surface area contributed by atoms with Crippen LogP contribution in [0.2, 0.25) is 0 Å². The summed E-state index contributed by atoms with van der Waals surface area (Å²) >= 11 is 0. The van der Waals surface area contributed by atoms with Crippen molar-refractivity contribution < 1.29 is 5.11 Å². The van der Waals surface area contributed by atoms with Gasteiger partial charge in [0.05, 0.1) is 11.4 Å². The summed E-state index contributed by atoms with van der Waals surface area (Å²) in [6.07, 6.45) is 3.25. The third-order valence-electron chi connectivity index (χ3n) is 3.71. The molecule has 0 aliphatic heterocycles. The number of aromatic nitrogens is 3. The van der Waals surface area contributed by atoms with Crippen LogP contribution in [-0.2, 0) is 12.0 Å². The summed E-state index contributed by atoms with van der Waals surface area (Å²) in [5.41, 5.74) is -0.627. The second kappa shape index (κ2) is 6.44. The van der Waals surface area contributed by atoms with E-state index < -0.39 is 11.2 Å². The van der Waals surface area contributed by atoms with Crippen LogP contribution in [0.4, 0.5) is 0 Å². The monoisotopic (exact) mass is 318 g/mol. The number of hydrogen-bond acceptors (Lipinski definition) is 5. The van der Waals surface area contributed by atoms with E-state index in [0.717, 1.165) is 0 Å². The van der Waals surface area contributed by atoms with E-state index in [1.807, 2.05) is 6.07 Å². The Morgan fingerprint density at radius 2 is 1.67 bits per heavy atom. The number of hydrogen-bond donors (Lipinski definition) is 2. The van der Waals surface area contributed by atoms with Crippen LogP contribution in [0.25, 0.3) is 0 Å². The van der Waals surface area contributed by atoms with Crippen molar-refractivity contribution in [3.63, 3.8) is 0 Å². The molecule has 3 aromatic heterocycles. The van der Waals surface area contributed by atoms with Gasteiger partial charge < -0.3 is 10.1 Å². The first-order chi connectivity index (χ1) is 11.6. The number of nitrogens with zero attached hydrogens (tertiary/aromatic N) is 3. The van der Waals surface area contributed by atoms with Gasteiger partial charge in [-0.15, -0.1) is 0 Å². The van der Waals surface area contributed by atoms with Crippen molar-refractivity contribution in [2.75, 3.05) is 0 Å². The van der Waals surface area contributed by atoms with Crippen LogP contribution >= 0.6 is 0 Å². The number of nitrogens with one attached hydrogen (secondary N) is 1. The molecule has 3 heterocycles. The second-order valence-electron chi connectivity index (χ2n) is 5.31. The van der Waals surface area contributed by atoms with Gasteiger partial charge in [-0.25, -0.2) is 0 Å². The minimum absolute atomic E-state index is 0.0259. The van der Waals surface area contributed by atoms with E-state index >= 15 is 0 Å². The van der Waals surface area contributed by atoms with E-state index in [1.165, 1.54) is 6.07 Å². The molecule has 3 aromatic rings. The maximum absolute atomic E-state index is 11.8. The van der Waals surface area contributed by atoms with Gasteiger partial charge in [-0.3, -0.25) is 14.8 Å². The lowest BCUT2D eigenvalue weighted by atomic mass is 9.88. The maximum atomic E-state index is 11.8. The van der Waals surface area contributed by atoms with Crippen molar-refractivity contribution in [3.05, 3.63) is 93.9 Å². The molecule has 0 spiro atoms. The van der Waals surface area contributed by atoms with E-state index in [0.29, 0.717) is 17.1 Å². The number of pyridine rings is 3. The SMILES string of the molecule is N#Cc1ccc(CC(O)(c2ccccn2)c2ccccn2)[nH]c1=O. The van der Waals surface area contributed by atoms with Crippen molar-refractivity contribution in [2.24, 2.45) is 0 Å². The largest absolute Gasteiger partial charge is 0.377 e. The van der Waals surface area contributed by atoms with Crippen molar-refractivity contribution in [2.45, 2.75) is 12.0 Å². The summed E-state index contributed by atoms with van der Waals surface area (Å²) < 4.78 is 0. The first-order valence-corrected chi connectivity index (χ1v) is 7.31. The van der Waals surface area contributed by atoms with Gasteiger partial charge in [-0.1, -0.05) is 12.1 Å². The van der Waals surface area contributed by atoms with Crippen LogP contribution in [0.1, 0.15) is 22.6 Å². The van der Waals surface area contributed by atoms with E-state index in [1.54, 1.807) is 54.9 Å². The summed E-state index contributed by atoms with van der Waals surface area (Å²) in [4.78, 5) is 23.0. The number of nitriles is 1. The zero-order valence-electron chi connectivity index (χ0n) is 12.7. The van der Waals surface area contributed by atoms with Crippen LogP contribution in [0, 0.1) is 11.3 Å². The van der Waals surface area contributed by atoms with Gasteiger partial charge in [0.25, 0.3) is 5.56 Å². The number of aliphatic hydroxyl groups is 1. The minimum atomic E-state index is -1.50. The number of rotatable bonds is 4. The molecule has 0 aromatic carbocycles. The molecule has 0 bridgehead atoms. The number of aromatic amines is 1. The van der Waals surface area contributed by atoms with Gasteiger partial charge in [-0.2, -0.15) is 5.26 Å². The Balaban J connectivity index is 2.08. The highest BCUT2D eigenvalue weighted by atomic mass is 16.3. The highest BCUT2D eigenvalue weighted by Gasteiger charge is 2.35. The molecule has 0 aliphatic rings. The van der Waals surface area contributed by atoms with Gasteiger partial charge >= 0.3 is 0 Å². The van der Waals surface area contributed by atoms with E-state index in [2.05, 4.69) is 15.0 Å². The van der Waals surface area contributed by atoms with Gasteiger partial charge in [0.2, 0.25) is 0 Å². The molecule has 0 unspecified atom stereocenters.